The normalized spacial score (nSPS) is 10.7. The topological polar surface area (TPSA) is 63.6 Å². The zero-order chi connectivity index (χ0) is 15.2. The number of nitrogens with zero attached hydrogens (tertiary/aromatic N) is 4. The highest BCUT2D eigenvalue weighted by Gasteiger charge is 2.12. The van der Waals surface area contributed by atoms with Crippen molar-refractivity contribution in [1.82, 2.24) is 19.9 Å². The van der Waals surface area contributed by atoms with Crippen LogP contribution in [0.3, 0.4) is 0 Å². The monoisotopic (exact) mass is 303 g/mol. The van der Waals surface area contributed by atoms with E-state index in [-0.39, 0.29) is 0 Å². The van der Waals surface area contributed by atoms with E-state index >= 15 is 0 Å². The number of hydrogen-bond donors (Lipinski definition) is 1. The minimum atomic E-state index is 0.722. The Hall–Kier alpha value is -1.69. The molecule has 0 aliphatic heterocycles. The summed E-state index contributed by atoms with van der Waals surface area (Å²) in [5.74, 6) is 1.76. The molecule has 0 amide bonds. The molecule has 2 heterocycles. The van der Waals surface area contributed by atoms with Crippen molar-refractivity contribution in [3.63, 3.8) is 0 Å². The number of aromatic nitrogens is 4. The Bertz CT molecular complexity index is 615. The molecule has 0 aromatic carbocycles. The van der Waals surface area contributed by atoms with Gasteiger partial charge < -0.3 is 5.32 Å². The highest BCUT2D eigenvalue weighted by atomic mass is 32.2. The number of nitrogens with one attached hydrogen (secondary N) is 1. The molecule has 0 spiro atoms. The fourth-order valence-electron chi connectivity index (χ4n) is 1.77. The summed E-state index contributed by atoms with van der Waals surface area (Å²) in [6, 6.07) is 1.89. The molecule has 2 aromatic rings. The first-order chi connectivity index (χ1) is 10.1. The molecule has 0 saturated heterocycles. The largest absolute Gasteiger partial charge is 0.370 e. The Labute approximate surface area is 130 Å². The van der Waals surface area contributed by atoms with Crippen molar-refractivity contribution in [3.8, 4) is 0 Å². The van der Waals surface area contributed by atoms with Crippen LogP contribution in [0.4, 0.5) is 5.82 Å². The molecule has 2 aromatic heterocycles. The van der Waals surface area contributed by atoms with Crippen LogP contribution in [0.1, 0.15) is 37.4 Å². The molecule has 0 aliphatic rings. The molecule has 2 rings (SSSR count). The van der Waals surface area contributed by atoms with E-state index in [4.69, 9.17) is 0 Å². The Morgan fingerprint density at radius 1 is 1.14 bits per heavy atom. The molecule has 21 heavy (non-hydrogen) atoms. The number of hydrogen-bond acceptors (Lipinski definition) is 6. The van der Waals surface area contributed by atoms with Crippen molar-refractivity contribution < 1.29 is 0 Å². The van der Waals surface area contributed by atoms with Crippen molar-refractivity contribution >= 4 is 17.6 Å². The molecule has 0 fully saturated rings. The zero-order valence-electron chi connectivity index (χ0n) is 13.0. The first-order valence-electron chi connectivity index (χ1n) is 7.23. The maximum Gasteiger partial charge on any atom is 0.194 e. The van der Waals surface area contributed by atoms with Crippen molar-refractivity contribution in [2.45, 2.75) is 50.7 Å². The van der Waals surface area contributed by atoms with Crippen LogP contribution in [-0.4, -0.2) is 26.5 Å². The lowest BCUT2D eigenvalue weighted by molar-refractivity contribution is 0.855. The standard InChI is InChI=1S/C15H21N5S/c1-5-8-16-13-11(4)14(20-12(6-2)19-13)21-15-17-9-7-10(3)18-15/h7,9H,5-6,8H2,1-4H3,(H,16,19,20). The maximum absolute atomic E-state index is 4.62. The molecule has 5 nitrogen and oxygen atoms in total. The molecule has 0 aliphatic carbocycles. The van der Waals surface area contributed by atoms with Crippen LogP contribution < -0.4 is 5.32 Å². The van der Waals surface area contributed by atoms with Gasteiger partial charge in [-0.25, -0.2) is 19.9 Å². The van der Waals surface area contributed by atoms with Crippen LogP contribution in [-0.2, 0) is 6.42 Å². The van der Waals surface area contributed by atoms with Crippen molar-refractivity contribution in [3.05, 3.63) is 29.3 Å². The predicted molar refractivity (Wildman–Crippen MR) is 85.8 cm³/mol. The predicted octanol–water partition coefficient (Wildman–Crippen LogP) is 3.42. The van der Waals surface area contributed by atoms with Crippen LogP contribution in [0, 0.1) is 13.8 Å². The fourth-order valence-corrected chi connectivity index (χ4v) is 2.65. The van der Waals surface area contributed by atoms with Crippen molar-refractivity contribution in [2.24, 2.45) is 0 Å². The smallest absolute Gasteiger partial charge is 0.194 e. The van der Waals surface area contributed by atoms with E-state index in [1.165, 1.54) is 11.8 Å². The van der Waals surface area contributed by atoms with E-state index in [9.17, 15) is 0 Å². The van der Waals surface area contributed by atoms with Gasteiger partial charge in [0.25, 0.3) is 0 Å². The minimum Gasteiger partial charge on any atom is -0.370 e. The van der Waals surface area contributed by atoms with Crippen molar-refractivity contribution in [1.29, 1.82) is 0 Å². The Kier molecular flexibility index (Phi) is 5.50. The summed E-state index contributed by atoms with van der Waals surface area (Å²) in [5, 5.41) is 5.01. The van der Waals surface area contributed by atoms with Crippen molar-refractivity contribution in [2.75, 3.05) is 11.9 Å². The van der Waals surface area contributed by atoms with E-state index in [0.29, 0.717) is 0 Å². The van der Waals surface area contributed by atoms with Gasteiger partial charge in [-0.15, -0.1) is 0 Å². The van der Waals surface area contributed by atoms with E-state index in [2.05, 4.69) is 39.1 Å². The quantitative estimate of drug-likeness (QED) is 0.651. The molecule has 112 valence electrons. The first-order valence-corrected chi connectivity index (χ1v) is 8.04. The fraction of sp³-hybridized carbons (Fsp3) is 0.467. The van der Waals surface area contributed by atoms with Gasteiger partial charge in [0.05, 0.1) is 0 Å². The van der Waals surface area contributed by atoms with Gasteiger partial charge in [-0.2, -0.15) is 0 Å². The number of anilines is 1. The Morgan fingerprint density at radius 2 is 1.95 bits per heavy atom. The second-order valence-corrected chi connectivity index (χ2v) is 5.74. The molecule has 0 unspecified atom stereocenters. The van der Waals surface area contributed by atoms with Gasteiger partial charge in [0, 0.05) is 30.4 Å². The summed E-state index contributed by atoms with van der Waals surface area (Å²) in [5.41, 5.74) is 2.01. The van der Waals surface area contributed by atoms with Crippen LogP contribution in [0.25, 0.3) is 0 Å². The molecular formula is C15H21N5S. The third kappa shape index (κ3) is 4.14. The highest BCUT2D eigenvalue weighted by Crippen LogP contribution is 2.29. The third-order valence-electron chi connectivity index (χ3n) is 2.97. The molecule has 6 heteroatoms. The highest BCUT2D eigenvalue weighted by molar-refractivity contribution is 7.99. The number of aryl methyl sites for hydroxylation is 2. The van der Waals surface area contributed by atoms with Crippen LogP contribution in [0.15, 0.2) is 22.4 Å². The average Bonchev–Trinajstić information content (AvgIpc) is 2.48. The Balaban J connectivity index is 2.33. The lowest BCUT2D eigenvalue weighted by atomic mass is 10.3. The van der Waals surface area contributed by atoms with Gasteiger partial charge in [-0.1, -0.05) is 13.8 Å². The van der Waals surface area contributed by atoms with E-state index < -0.39 is 0 Å². The summed E-state index contributed by atoms with van der Waals surface area (Å²) in [4.78, 5) is 17.9. The summed E-state index contributed by atoms with van der Waals surface area (Å²) in [7, 11) is 0. The molecule has 0 atom stereocenters. The Morgan fingerprint density at radius 3 is 2.62 bits per heavy atom. The van der Waals surface area contributed by atoms with Crippen LogP contribution in [0.2, 0.25) is 0 Å². The summed E-state index contributed by atoms with van der Waals surface area (Å²) >= 11 is 1.49. The first kappa shape index (κ1) is 15.7. The third-order valence-corrected chi connectivity index (χ3v) is 3.94. The molecule has 0 saturated carbocycles. The van der Waals surface area contributed by atoms with E-state index in [1.807, 2.05) is 19.9 Å². The van der Waals surface area contributed by atoms with Gasteiger partial charge in [0.15, 0.2) is 5.16 Å². The van der Waals surface area contributed by atoms with Gasteiger partial charge >= 0.3 is 0 Å². The molecule has 1 N–H and O–H groups in total. The second-order valence-electron chi connectivity index (χ2n) is 4.78. The lowest BCUT2D eigenvalue weighted by Crippen LogP contribution is -2.08. The van der Waals surface area contributed by atoms with Gasteiger partial charge in [0.2, 0.25) is 0 Å². The zero-order valence-corrected chi connectivity index (χ0v) is 13.8. The molecule has 0 bridgehead atoms. The van der Waals surface area contributed by atoms with E-state index in [1.54, 1.807) is 6.20 Å². The SMILES string of the molecule is CCCNc1nc(CC)nc(Sc2nccc(C)n2)c1C. The van der Waals surface area contributed by atoms with Gasteiger partial charge in [-0.3, -0.25) is 0 Å². The van der Waals surface area contributed by atoms with E-state index in [0.717, 1.165) is 52.5 Å². The van der Waals surface area contributed by atoms with Gasteiger partial charge in [-0.05, 0) is 38.1 Å². The van der Waals surface area contributed by atoms with Crippen LogP contribution in [0.5, 0.6) is 0 Å². The summed E-state index contributed by atoms with van der Waals surface area (Å²) in [6.45, 7) is 9.11. The maximum atomic E-state index is 4.62. The molecular weight excluding hydrogens is 282 g/mol. The number of rotatable bonds is 6. The summed E-state index contributed by atoms with van der Waals surface area (Å²) < 4.78 is 0. The minimum absolute atomic E-state index is 0.722. The van der Waals surface area contributed by atoms with Gasteiger partial charge in [0.1, 0.15) is 16.7 Å². The lowest BCUT2D eigenvalue weighted by Gasteiger charge is -2.12. The average molecular weight is 303 g/mol. The second kappa shape index (κ2) is 7.36. The summed E-state index contributed by atoms with van der Waals surface area (Å²) in [6.07, 6.45) is 3.65. The van der Waals surface area contributed by atoms with Crippen LogP contribution >= 0.6 is 11.8 Å². The molecule has 0 radical (unpaired) electrons.